The summed E-state index contributed by atoms with van der Waals surface area (Å²) in [6, 6.07) is 13.2. The zero-order valence-corrected chi connectivity index (χ0v) is 15.5. The molecule has 0 saturated heterocycles. The molecular weight excluding hydrogens is 306 g/mol. The second-order valence-electron chi connectivity index (χ2n) is 7.43. The summed E-state index contributed by atoms with van der Waals surface area (Å²) in [6.07, 6.45) is 5.82. The molecule has 0 fully saturated rings. The first-order valence-corrected chi connectivity index (χ1v) is 8.70. The number of fused-ring (bicyclic) bond motifs is 2. The highest BCUT2D eigenvalue weighted by molar-refractivity contribution is 5.85. The van der Waals surface area contributed by atoms with E-state index in [-0.39, 0.29) is 5.41 Å². The highest BCUT2D eigenvalue weighted by Gasteiger charge is 2.38. The van der Waals surface area contributed by atoms with Crippen LogP contribution in [0.15, 0.2) is 55.0 Å². The molecule has 1 aliphatic heterocycles. The Kier molecular flexibility index (Phi) is 3.43. The minimum absolute atomic E-state index is 0.0807. The maximum Gasteiger partial charge on any atom is 0.231 e. The van der Waals surface area contributed by atoms with Gasteiger partial charge in [-0.2, -0.15) is 4.57 Å². The third kappa shape index (κ3) is 2.19. The molecule has 0 unspecified atom stereocenters. The zero-order chi connectivity index (χ0) is 17.8. The van der Waals surface area contributed by atoms with Crippen molar-refractivity contribution in [1.82, 2.24) is 4.98 Å². The molecule has 0 radical (unpaired) electrons. The lowest BCUT2D eigenvalue weighted by atomic mass is 9.70. The van der Waals surface area contributed by atoms with Crippen molar-refractivity contribution in [1.29, 1.82) is 0 Å². The number of para-hydroxylation sites is 1. The minimum Gasteiger partial charge on any atom is -0.344 e. The molecule has 2 heterocycles. The smallest absolute Gasteiger partial charge is 0.231 e. The van der Waals surface area contributed by atoms with E-state index in [1.165, 1.54) is 33.6 Å². The van der Waals surface area contributed by atoms with E-state index < -0.39 is 0 Å². The van der Waals surface area contributed by atoms with Crippen LogP contribution >= 0.6 is 0 Å². The molecular formula is C22H24N3+. The fourth-order valence-corrected chi connectivity index (χ4v) is 4.16. The van der Waals surface area contributed by atoms with E-state index in [4.69, 9.17) is 0 Å². The molecule has 1 aliphatic rings. The molecule has 0 spiro atoms. The van der Waals surface area contributed by atoms with Crippen molar-refractivity contribution in [3.63, 3.8) is 0 Å². The number of anilines is 2. The van der Waals surface area contributed by atoms with Gasteiger partial charge in [-0.15, -0.1) is 0 Å². The van der Waals surface area contributed by atoms with E-state index in [1.807, 2.05) is 18.6 Å². The average molecular weight is 330 g/mol. The molecule has 3 heteroatoms. The van der Waals surface area contributed by atoms with Gasteiger partial charge in [0.25, 0.3) is 0 Å². The van der Waals surface area contributed by atoms with Crippen molar-refractivity contribution < 1.29 is 4.57 Å². The number of benzene rings is 2. The van der Waals surface area contributed by atoms with Crippen LogP contribution in [0.3, 0.4) is 0 Å². The molecule has 1 aromatic heterocycles. The van der Waals surface area contributed by atoms with Crippen molar-refractivity contribution in [2.24, 2.45) is 7.05 Å². The van der Waals surface area contributed by atoms with Crippen LogP contribution in [-0.2, 0) is 12.5 Å². The van der Waals surface area contributed by atoms with Crippen LogP contribution in [-0.4, -0.2) is 12.0 Å². The van der Waals surface area contributed by atoms with Crippen LogP contribution in [0.1, 0.15) is 30.5 Å². The Morgan fingerprint density at radius 2 is 1.80 bits per heavy atom. The van der Waals surface area contributed by atoms with Crippen LogP contribution in [0.2, 0.25) is 0 Å². The fourth-order valence-electron chi connectivity index (χ4n) is 4.16. The van der Waals surface area contributed by atoms with Gasteiger partial charge in [-0.3, -0.25) is 4.98 Å². The van der Waals surface area contributed by atoms with Gasteiger partial charge in [0, 0.05) is 29.4 Å². The molecule has 3 nitrogen and oxygen atoms in total. The van der Waals surface area contributed by atoms with E-state index in [0.29, 0.717) is 0 Å². The van der Waals surface area contributed by atoms with Gasteiger partial charge < -0.3 is 4.90 Å². The Balaban J connectivity index is 2.10. The predicted molar refractivity (Wildman–Crippen MR) is 102 cm³/mol. The molecule has 0 N–H and O–H groups in total. The standard InChI is InChI=1S/C22H24N3/c1-15-10-11-18-21(20(15)19-14-23-12-13-24(19)4)22(2,3)16-8-6-7-9-17(16)25(18)5/h6-14H,1-5H3/q+1. The molecule has 25 heavy (non-hydrogen) atoms. The number of aryl methyl sites for hydroxylation is 2. The first-order chi connectivity index (χ1) is 11.9. The first-order valence-electron chi connectivity index (χ1n) is 8.70. The Labute approximate surface area is 149 Å². The Morgan fingerprint density at radius 1 is 1.04 bits per heavy atom. The summed E-state index contributed by atoms with van der Waals surface area (Å²) < 4.78 is 2.16. The lowest BCUT2D eigenvalue weighted by molar-refractivity contribution is -0.661. The normalized spacial score (nSPS) is 14.8. The maximum absolute atomic E-state index is 4.39. The van der Waals surface area contributed by atoms with E-state index in [1.54, 1.807) is 0 Å². The fraction of sp³-hybridized carbons (Fsp3) is 0.273. The van der Waals surface area contributed by atoms with Gasteiger partial charge in [-0.25, -0.2) is 0 Å². The van der Waals surface area contributed by atoms with Gasteiger partial charge in [0.1, 0.15) is 7.05 Å². The second-order valence-corrected chi connectivity index (χ2v) is 7.43. The highest BCUT2D eigenvalue weighted by atomic mass is 15.1. The third-order valence-corrected chi connectivity index (χ3v) is 5.53. The summed E-state index contributed by atoms with van der Waals surface area (Å²) in [5.41, 5.74) is 8.93. The Bertz CT molecular complexity index is 973. The van der Waals surface area contributed by atoms with Gasteiger partial charge in [0.05, 0.1) is 18.0 Å². The highest BCUT2D eigenvalue weighted by Crippen LogP contribution is 2.51. The molecule has 2 aromatic carbocycles. The zero-order valence-electron chi connectivity index (χ0n) is 15.5. The summed E-state index contributed by atoms with van der Waals surface area (Å²) in [7, 11) is 4.25. The van der Waals surface area contributed by atoms with Gasteiger partial charge >= 0.3 is 0 Å². The summed E-state index contributed by atoms with van der Waals surface area (Å²) in [6.45, 7) is 6.85. The molecule has 0 amide bonds. The summed E-state index contributed by atoms with van der Waals surface area (Å²) in [5.74, 6) is 0. The van der Waals surface area contributed by atoms with E-state index >= 15 is 0 Å². The second kappa shape index (κ2) is 5.41. The average Bonchev–Trinajstić information content (AvgIpc) is 2.61. The van der Waals surface area contributed by atoms with Gasteiger partial charge in [0.15, 0.2) is 6.20 Å². The quantitative estimate of drug-likeness (QED) is 0.620. The summed E-state index contributed by atoms with van der Waals surface area (Å²) in [5, 5.41) is 0. The Morgan fingerprint density at radius 3 is 2.56 bits per heavy atom. The molecule has 0 aliphatic carbocycles. The molecule has 0 atom stereocenters. The molecule has 0 saturated carbocycles. The van der Waals surface area contributed by atoms with E-state index in [2.05, 4.69) is 85.7 Å². The van der Waals surface area contributed by atoms with Crippen molar-refractivity contribution in [2.75, 3.05) is 11.9 Å². The number of rotatable bonds is 1. The molecule has 4 rings (SSSR count). The number of hydrogen-bond acceptors (Lipinski definition) is 2. The van der Waals surface area contributed by atoms with Crippen molar-refractivity contribution in [3.05, 3.63) is 71.7 Å². The Hall–Kier alpha value is -2.68. The topological polar surface area (TPSA) is 20.0 Å². The molecule has 3 aromatic rings. The van der Waals surface area contributed by atoms with Crippen LogP contribution < -0.4 is 9.47 Å². The molecule has 126 valence electrons. The van der Waals surface area contributed by atoms with E-state index in [9.17, 15) is 0 Å². The van der Waals surface area contributed by atoms with Crippen molar-refractivity contribution >= 4 is 11.4 Å². The van der Waals surface area contributed by atoms with E-state index in [0.717, 1.165) is 5.69 Å². The van der Waals surface area contributed by atoms with Crippen molar-refractivity contribution in [2.45, 2.75) is 26.2 Å². The first kappa shape index (κ1) is 15.8. The van der Waals surface area contributed by atoms with Gasteiger partial charge in [-0.1, -0.05) is 38.1 Å². The lowest BCUT2D eigenvalue weighted by Crippen LogP contribution is -2.35. The third-order valence-electron chi connectivity index (χ3n) is 5.53. The predicted octanol–water partition coefficient (Wildman–Crippen LogP) is 4.29. The van der Waals surface area contributed by atoms with Crippen LogP contribution in [0.25, 0.3) is 11.3 Å². The van der Waals surface area contributed by atoms with Gasteiger partial charge in [-0.05, 0) is 30.2 Å². The van der Waals surface area contributed by atoms with Crippen LogP contribution in [0, 0.1) is 6.92 Å². The number of aromatic nitrogens is 2. The van der Waals surface area contributed by atoms with Crippen molar-refractivity contribution in [3.8, 4) is 11.3 Å². The monoisotopic (exact) mass is 330 g/mol. The number of hydrogen-bond donors (Lipinski definition) is 0. The number of nitrogens with zero attached hydrogens (tertiary/aromatic N) is 3. The summed E-state index contributed by atoms with van der Waals surface area (Å²) >= 11 is 0. The van der Waals surface area contributed by atoms with Gasteiger partial charge in [0.2, 0.25) is 5.69 Å². The SMILES string of the molecule is Cc1ccc2c(c1-c1cncc[n+]1C)C(C)(C)c1ccccc1N2C. The summed E-state index contributed by atoms with van der Waals surface area (Å²) in [4.78, 5) is 6.70. The lowest BCUT2D eigenvalue weighted by Gasteiger charge is -2.41. The maximum atomic E-state index is 4.39. The minimum atomic E-state index is -0.0807. The van der Waals surface area contributed by atoms with Crippen LogP contribution in [0.4, 0.5) is 11.4 Å². The molecule has 0 bridgehead atoms. The van der Waals surface area contributed by atoms with Crippen LogP contribution in [0.5, 0.6) is 0 Å². The largest absolute Gasteiger partial charge is 0.344 e.